The summed E-state index contributed by atoms with van der Waals surface area (Å²) < 4.78 is 39.5. The number of anilines is 2. The van der Waals surface area contributed by atoms with Crippen LogP contribution in [0.2, 0.25) is 0 Å². The van der Waals surface area contributed by atoms with E-state index in [9.17, 15) is 22.8 Å². The van der Waals surface area contributed by atoms with Gasteiger partial charge in [-0.15, -0.1) is 0 Å². The Bertz CT molecular complexity index is 1200. The number of nitrogens with one attached hydrogen (secondary N) is 1. The molecule has 1 amide bonds. The second kappa shape index (κ2) is 8.49. The zero-order valence-electron chi connectivity index (χ0n) is 17.3. The minimum atomic E-state index is -4.45. The first-order valence-electron chi connectivity index (χ1n) is 10.1. The first-order chi connectivity index (χ1) is 15.2. The van der Waals surface area contributed by atoms with Crippen molar-refractivity contribution in [1.29, 1.82) is 0 Å². The third-order valence-corrected chi connectivity index (χ3v) is 5.33. The molecule has 2 heterocycles. The molecular formula is C23H21F3N4O2. The number of alkyl halides is 3. The number of rotatable bonds is 4. The molecule has 1 N–H and O–H groups in total. The molecule has 0 atom stereocenters. The number of carbonyl (C=O) groups excluding carboxylic acids is 1. The molecule has 0 unspecified atom stereocenters. The van der Waals surface area contributed by atoms with Crippen LogP contribution in [-0.2, 0) is 30.5 Å². The number of amides is 1. The lowest BCUT2D eigenvalue weighted by atomic mass is 10.0. The van der Waals surface area contributed by atoms with Crippen LogP contribution in [0.5, 0.6) is 0 Å². The zero-order valence-corrected chi connectivity index (χ0v) is 17.3. The topological polar surface area (TPSA) is 67.2 Å². The Morgan fingerprint density at radius 2 is 1.78 bits per heavy atom. The van der Waals surface area contributed by atoms with Gasteiger partial charge in [-0.05, 0) is 48.7 Å². The van der Waals surface area contributed by atoms with E-state index in [0.717, 1.165) is 24.1 Å². The molecule has 0 spiro atoms. The third-order valence-electron chi connectivity index (χ3n) is 5.33. The van der Waals surface area contributed by atoms with Gasteiger partial charge in [0, 0.05) is 30.5 Å². The molecule has 3 aromatic rings. The molecular weight excluding hydrogens is 421 g/mol. The summed E-state index contributed by atoms with van der Waals surface area (Å²) in [6.45, 7) is 2.62. The minimum Gasteiger partial charge on any atom is -0.337 e. The van der Waals surface area contributed by atoms with Gasteiger partial charge in [0.1, 0.15) is 6.54 Å². The molecule has 0 radical (unpaired) electrons. The van der Waals surface area contributed by atoms with Crippen LogP contribution in [0.1, 0.15) is 22.4 Å². The number of fused-ring (bicyclic) bond motifs is 1. The molecule has 6 nitrogen and oxygen atoms in total. The van der Waals surface area contributed by atoms with Crippen LogP contribution in [0.25, 0.3) is 0 Å². The molecule has 0 saturated heterocycles. The normalized spacial score (nSPS) is 13.6. The summed E-state index contributed by atoms with van der Waals surface area (Å²) in [5.41, 5.74) is 1.96. The molecule has 2 aromatic carbocycles. The van der Waals surface area contributed by atoms with Crippen LogP contribution < -0.4 is 15.8 Å². The van der Waals surface area contributed by atoms with E-state index in [-0.39, 0.29) is 17.8 Å². The van der Waals surface area contributed by atoms with Gasteiger partial charge in [0.2, 0.25) is 11.9 Å². The third kappa shape index (κ3) is 4.66. The smallest absolute Gasteiger partial charge is 0.337 e. The number of nitrogens with zero attached hydrogens (tertiary/aromatic N) is 3. The standard InChI is InChI=1S/C23H21F3N4O2/c1-15-12-21(32)30(14-20(31)28-19-8-6-18(7-9-19)23(24,25)26)22(27-15)29-11-10-16-4-2-3-5-17(16)13-29/h2-9,12H,10-11,13-14H2,1H3,(H,28,31). The van der Waals surface area contributed by atoms with E-state index in [1.165, 1.54) is 28.3 Å². The fourth-order valence-electron chi connectivity index (χ4n) is 3.75. The Morgan fingerprint density at radius 1 is 1.09 bits per heavy atom. The fraction of sp³-hybridized carbons (Fsp3) is 0.261. The van der Waals surface area contributed by atoms with Gasteiger partial charge in [-0.2, -0.15) is 13.2 Å². The monoisotopic (exact) mass is 442 g/mol. The lowest BCUT2D eigenvalue weighted by Crippen LogP contribution is -2.38. The van der Waals surface area contributed by atoms with Crippen molar-refractivity contribution in [1.82, 2.24) is 9.55 Å². The van der Waals surface area contributed by atoms with Gasteiger partial charge in [-0.3, -0.25) is 14.2 Å². The van der Waals surface area contributed by atoms with Crippen molar-refractivity contribution in [3.05, 3.63) is 87.3 Å². The van der Waals surface area contributed by atoms with E-state index in [4.69, 9.17) is 0 Å². The molecule has 0 bridgehead atoms. The number of hydrogen-bond acceptors (Lipinski definition) is 4. The van der Waals surface area contributed by atoms with Gasteiger partial charge in [0.05, 0.1) is 5.56 Å². The van der Waals surface area contributed by atoms with Gasteiger partial charge in [-0.1, -0.05) is 24.3 Å². The second-order valence-electron chi connectivity index (χ2n) is 7.69. The first kappa shape index (κ1) is 21.6. The molecule has 1 aromatic heterocycles. The van der Waals surface area contributed by atoms with Crippen LogP contribution >= 0.6 is 0 Å². The highest BCUT2D eigenvalue weighted by atomic mass is 19.4. The first-order valence-corrected chi connectivity index (χ1v) is 10.1. The molecule has 0 saturated carbocycles. The van der Waals surface area contributed by atoms with Crippen molar-refractivity contribution in [2.45, 2.75) is 32.6 Å². The minimum absolute atomic E-state index is 0.213. The maximum atomic E-state index is 12.7. The molecule has 1 aliphatic rings. The Hall–Kier alpha value is -3.62. The predicted octanol–water partition coefficient (Wildman–Crippen LogP) is 3.77. The Labute approximate surface area is 182 Å². The van der Waals surface area contributed by atoms with Gasteiger partial charge in [0.15, 0.2) is 0 Å². The number of halogens is 3. The van der Waals surface area contributed by atoms with Crippen molar-refractivity contribution < 1.29 is 18.0 Å². The van der Waals surface area contributed by atoms with E-state index >= 15 is 0 Å². The highest BCUT2D eigenvalue weighted by molar-refractivity contribution is 5.90. The van der Waals surface area contributed by atoms with E-state index in [1.807, 2.05) is 23.1 Å². The van der Waals surface area contributed by atoms with Crippen LogP contribution in [0.3, 0.4) is 0 Å². The molecule has 0 aliphatic carbocycles. The number of hydrogen-bond donors (Lipinski definition) is 1. The van der Waals surface area contributed by atoms with Crippen molar-refractivity contribution in [3.8, 4) is 0 Å². The van der Waals surface area contributed by atoms with Gasteiger partial charge in [-0.25, -0.2) is 4.98 Å². The number of benzene rings is 2. The number of aryl methyl sites for hydroxylation is 1. The fourth-order valence-corrected chi connectivity index (χ4v) is 3.75. The van der Waals surface area contributed by atoms with E-state index in [0.29, 0.717) is 24.7 Å². The summed E-state index contributed by atoms with van der Waals surface area (Å²) >= 11 is 0. The SMILES string of the molecule is Cc1cc(=O)n(CC(=O)Nc2ccc(C(F)(F)F)cc2)c(N2CCc3ccccc3C2)n1. The molecule has 9 heteroatoms. The maximum absolute atomic E-state index is 12.7. The van der Waals surface area contributed by atoms with E-state index in [1.54, 1.807) is 6.92 Å². The summed E-state index contributed by atoms with van der Waals surface area (Å²) in [4.78, 5) is 31.8. The molecule has 0 fully saturated rings. The summed E-state index contributed by atoms with van der Waals surface area (Å²) in [5, 5.41) is 2.54. The highest BCUT2D eigenvalue weighted by Crippen LogP contribution is 2.30. The van der Waals surface area contributed by atoms with Crippen molar-refractivity contribution in [3.63, 3.8) is 0 Å². The quantitative estimate of drug-likeness (QED) is 0.668. The van der Waals surface area contributed by atoms with Crippen LogP contribution in [-0.4, -0.2) is 22.0 Å². The summed E-state index contributed by atoms with van der Waals surface area (Å²) in [6, 6.07) is 13.5. The van der Waals surface area contributed by atoms with Crippen LogP contribution in [0.15, 0.2) is 59.4 Å². The number of carbonyl (C=O) groups is 1. The van der Waals surface area contributed by atoms with E-state index < -0.39 is 17.6 Å². The Balaban J connectivity index is 1.55. The average molecular weight is 442 g/mol. The lowest BCUT2D eigenvalue weighted by Gasteiger charge is -2.31. The van der Waals surface area contributed by atoms with Crippen LogP contribution in [0.4, 0.5) is 24.8 Å². The van der Waals surface area contributed by atoms with Gasteiger partial charge < -0.3 is 10.2 Å². The maximum Gasteiger partial charge on any atom is 0.416 e. The van der Waals surface area contributed by atoms with Crippen molar-refractivity contribution in [2.24, 2.45) is 0 Å². The van der Waals surface area contributed by atoms with Crippen molar-refractivity contribution >= 4 is 17.5 Å². The van der Waals surface area contributed by atoms with Crippen LogP contribution in [0, 0.1) is 6.92 Å². The zero-order chi connectivity index (χ0) is 22.9. The largest absolute Gasteiger partial charge is 0.416 e. The summed E-state index contributed by atoms with van der Waals surface area (Å²) in [5.74, 6) is -0.136. The molecule has 1 aliphatic heterocycles. The molecule has 166 valence electrons. The highest BCUT2D eigenvalue weighted by Gasteiger charge is 2.30. The lowest BCUT2D eigenvalue weighted by molar-refractivity contribution is -0.137. The molecule has 32 heavy (non-hydrogen) atoms. The number of aromatic nitrogens is 2. The predicted molar refractivity (Wildman–Crippen MR) is 115 cm³/mol. The van der Waals surface area contributed by atoms with Gasteiger partial charge in [0.25, 0.3) is 5.56 Å². The second-order valence-corrected chi connectivity index (χ2v) is 7.69. The van der Waals surface area contributed by atoms with Gasteiger partial charge >= 0.3 is 6.18 Å². The average Bonchev–Trinajstić information content (AvgIpc) is 2.75. The summed E-state index contributed by atoms with van der Waals surface area (Å²) in [7, 11) is 0. The molecule has 4 rings (SSSR count). The Morgan fingerprint density at radius 3 is 2.47 bits per heavy atom. The van der Waals surface area contributed by atoms with Crippen molar-refractivity contribution in [2.75, 3.05) is 16.8 Å². The Kier molecular flexibility index (Phi) is 5.73. The van der Waals surface area contributed by atoms with E-state index in [2.05, 4.69) is 16.4 Å². The summed E-state index contributed by atoms with van der Waals surface area (Å²) in [6.07, 6.45) is -3.66.